The number of aromatic amines is 1. The van der Waals surface area contributed by atoms with Crippen LogP contribution in [0.15, 0.2) is 23.0 Å². The zero-order valence-corrected chi connectivity index (χ0v) is 13.7. The summed E-state index contributed by atoms with van der Waals surface area (Å²) >= 11 is 6.20. The number of ether oxygens (including phenoxy) is 1. The summed E-state index contributed by atoms with van der Waals surface area (Å²) in [6.45, 7) is 0. The van der Waals surface area contributed by atoms with Crippen LogP contribution < -0.4 is 10.9 Å². The number of aromatic nitrogens is 1. The lowest BCUT2D eigenvalue weighted by Crippen LogP contribution is -2.28. The molecule has 1 fully saturated rings. The predicted octanol–water partition coefficient (Wildman–Crippen LogP) is 3.71. The Bertz CT molecular complexity index is 794. The molecule has 0 bridgehead atoms. The maximum Gasteiger partial charge on any atom is 0.345 e. The molecule has 3 rings (SSSR count). The summed E-state index contributed by atoms with van der Waals surface area (Å²) in [5.74, 6) is -0.647. The van der Waals surface area contributed by atoms with Gasteiger partial charge in [0.1, 0.15) is 5.56 Å². The van der Waals surface area contributed by atoms with Crippen molar-refractivity contribution in [2.24, 2.45) is 0 Å². The Hall–Kier alpha value is -2.01. The molecule has 23 heavy (non-hydrogen) atoms. The lowest BCUT2D eigenvalue weighted by molar-refractivity contribution is 0.0600. The lowest BCUT2D eigenvalue weighted by atomic mass is 9.94. The zero-order valence-electron chi connectivity index (χ0n) is 12.9. The minimum absolute atomic E-state index is 0.00726. The summed E-state index contributed by atoms with van der Waals surface area (Å²) < 4.78 is 4.79. The van der Waals surface area contributed by atoms with Crippen molar-refractivity contribution in [3.05, 3.63) is 39.1 Å². The molecular weight excluding hydrogens is 316 g/mol. The first-order valence-electron chi connectivity index (χ1n) is 7.81. The van der Waals surface area contributed by atoms with Crippen molar-refractivity contribution >= 4 is 34.2 Å². The van der Waals surface area contributed by atoms with Crippen LogP contribution in [0.5, 0.6) is 0 Å². The highest BCUT2D eigenvalue weighted by Crippen LogP contribution is 2.31. The summed E-state index contributed by atoms with van der Waals surface area (Å²) in [5, 5.41) is 4.57. The van der Waals surface area contributed by atoms with E-state index in [2.05, 4.69) is 10.3 Å². The van der Waals surface area contributed by atoms with E-state index in [1.165, 1.54) is 13.5 Å². The molecule has 1 aliphatic carbocycles. The number of methoxy groups -OCH3 is 1. The van der Waals surface area contributed by atoms with E-state index in [0.29, 0.717) is 16.2 Å². The van der Waals surface area contributed by atoms with E-state index in [1.54, 1.807) is 12.1 Å². The molecule has 2 N–H and O–H groups in total. The van der Waals surface area contributed by atoms with Gasteiger partial charge in [-0.05, 0) is 18.9 Å². The minimum atomic E-state index is -0.647. The van der Waals surface area contributed by atoms with Crippen molar-refractivity contribution in [2.75, 3.05) is 12.4 Å². The van der Waals surface area contributed by atoms with Gasteiger partial charge in [0.25, 0.3) is 5.56 Å². The second-order valence-corrected chi connectivity index (χ2v) is 6.24. The van der Waals surface area contributed by atoms with Crippen LogP contribution in [0.2, 0.25) is 5.02 Å². The first-order chi connectivity index (χ1) is 11.1. The van der Waals surface area contributed by atoms with E-state index < -0.39 is 11.5 Å². The van der Waals surface area contributed by atoms with Gasteiger partial charge < -0.3 is 15.0 Å². The Morgan fingerprint density at radius 2 is 2.04 bits per heavy atom. The van der Waals surface area contributed by atoms with Crippen LogP contribution >= 0.6 is 11.6 Å². The number of nitrogens with one attached hydrogen (secondary N) is 2. The van der Waals surface area contributed by atoms with Gasteiger partial charge in [-0.2, -0.15) is 0 Å². The lowest BCUT2D eigenvalue weighted by Gasteiger charge is -2.25. The maximum atomic E-state index is 12.4. The number of H-pyrrole nitrogens is 1. The SMILES string of the molecule is COC(=O)c1c(NC2CCCCC2)c2cccc(Cl)c2[nH]c1=O. The molecule has 1 aromatic carbocycles. The van der Waals surface area contributed by atoms with Crippen LogP contribution in [0, 0.1) is 0 Å². The number of carbonyl (C=O) groups is 1. The van der Waals surface area contributed by atoms with Gasteiger partial charge in [0.2, 0.25) is 0 Å². The van der Waals surface area contributed by atoms with E-state index in [0.717, 1.165) is 31.1 Å². The number of hydrogen-bond acceptors (Lipinski definition) is 4. The van der Waals surface area contributed by atoms with E-state index in [-0.39, 0.29) is 11.6 Å². The third kappa shape index (κ3) is 3.06. The molecule has 2 aromatic rings. The van der Waals surface area contributed by atoms with Crippen LogP contribution in [0.3, 0.4) is 0 Å². The molecule has 0 spiro atoms. The first-order valence-corrected chi connectivity index (χ1v) is 8.19. The fourth-order valence-electron chi connectivity index (χ4n) is 3.18. The van der Waals surface area contributed by atoms with Gasteiger partial charge in [-0.1, -0.05) is 43.0 Å². The molecule has 0 unspecified atom stereocenters. The van der Waals surface area contributed by atoms with E-state index in [4.69, 9.17) is 16.3 Å². The molecular formula is C17H19ClN2O3. The number of rotatable bonds is 3. The Balaban J connectivity index is 2.19. The molecule has 0 aliphatic heterocycles. The van der Waals surface area contributed by atoms with Crippen molar-refractivity contribution in [1.29, 1.82) is 0 Å². The van der Waals surface area contributed by atoms with Crippen molar-refractivity contribution in [3.63, 3.8) is 0 Å². The van der Waals surface area contributed by atoms with E-state index in [1.807, 2.05) is 6.07 Å². The number of para-hydroxylation sites is 1. The fraction of sp³-hybridized carbons (Fsp3) is 0.412. The Kier molecular flexibility index (Phi) is 4.57. The summed E-state index contributed by atoms with van der Waals surface area (Å²) in [6.07, 6.45) is 5.56. The van der Waals surface area contributed by atoms with Crippen LogP contribution in [0.1, 0.15) is 42.5 Å². The van der Waals surface area contributed by atoms with Gasteiger partial charge in [-0.15, -0.1) is 0 Å². The number of benzene rings is 1. The molecule has 1 aromatic heterocycles. The maximum absolute atomic E-state index is 12.4. The van der Waals surface area contributed by atoms with Crippen molar-refractivity contribution in [3.8, 4) is 0 Å². The van der Waals surface area contributed by atoms with Crippen LogP contribution in [0.4, 0.5) is 5.69 Å². The number of halogens is 1. The summed E-state index contributed by atoms with van der Waals surface area (Å²) in [5.41, 5.74) is 0.568. The standard InChI is InChI=1S/C17H19ClN2O3/c1-23-17(22)13-15(19-10-6-3-2-4-7-10)11-8-5-9-12(18)14(11)20-16(13)21/h5,8-10H,2-4,6-7H2,1H3,(H2,19,20,21). The highest BCUT2D eigenvalue weighted by molar-refractivity contribution is 6.35. The molecule has 1 heterocycles. The van der Waals surface area contributed by atoms with Gasteiger partial charge >= 0.3 is 5.97 Å². The smallest absolute Gasteiger partial charge is 0.345 e. The monoisotopic (exact) mass is 334 g/mol. The molecule has 5 nitrogen and oxygen atoms in total. The molecule has 0 radical (unpaired) electrons. The predicted molar refractivity (Wildman–Crippen MR) is 91.4 cm³/mol. The first kappa shape index (κ1) is 15.9. The topological polar surface area (TPSA) is 71.2 Å². The Morgan fingerprint density at radius 3 is 2.74 bits per heavy atom. The summed E-state index contributed by atoms with van der Waals surface area (Å²) in [4.78, 5) is 27.2. The van der Waals surface area contributed by atoms with E-state index in [9.17, 15) is 9.59 Å². The van der Waals surface area contributed by atoms with Gasteiger partial charge in [0, 0.05) is 11.4 Å². The molecule has 1 saturated carbocycles. The average molecular weight is 335 g/mol. The van der Waals surface area contributed by atoms with Crippen molar-refractivity contribution in [2.45, 2.75) is 38.1 Å². The molecule has 1 aliphatic rings. The molecule has 122 valence electrons. The number of esters is 1. The van der Waals surface area contributed by atoms with Crippen LogP contribution in [-0.2, 0) is 4.74 Å². The largest absolute Gasteiger partial charge is 0.465 e. The third-order valence-electron chi connectivity index (χ3n) is 4.34. The van der Waals surface area contributed by atoms with Gasteiger partial charge in [-0.3, -0.25) is 4.79 Å². The second-order valence-electron chi connectivity index (χ2n) is 5.84. The number of fused-ring (bicyclic) bond motifs is 1. The Morgan fingerprint density at radius 1 is 1.30 bits per heavy atom. The quantitative estimate of drug-likeness (QED) is 0.839. The summed E-state index contributed by atoms with van der Waals surface area (Å²) in [7, 11) is 1.27. The van der Waals surface area contributed by atoms with Crippen LogP contribution in [0.25, 0.3) is 10.9 Å². The number of carbonyl (C=O) groups excluding carboxylic acids is 1. The van der Waals surface area contributed by atoms with E-state index >= 15 is 0 Å². The summed E-state index contributed by atoms with van der Waals surface area (Å²) in [6, 6.07) is 5.60. The van der Waals surface area contributed by atoms with Gasteiger partial charge in [0.05, 0.1) is 23.3 Å². The molecule has 0 amide bonds. The normalized spacial score (nSPS) is 15.6. The highest BCUT2D eigenvalue weighted by Gasteiger charge is 2.23. The average Bonchev–Trinajstić information content (AvgIpc) is 2.56. The van der Waals surface area contributed by atoms with Crippen LogP contribution in [-0.4, -0.2) is 24.1 Å². The number of pyridine rings is 1. The molecule has 6 heteroatoms. The Labute approximate surface area is 139 Å². The minimum Gasteiger partial charge on any atom is -0.465 e. The van der Waals surface area contributed by atoms with Gasteiger partial charge in [-0.25, -0.2) is 4.79 Å². The zero-order chi connectivity index (χ0) is 16.4. The fourth-order valence-corrected chi connectivity index (χ4v) is 3.40. The van der Waals surface area contributed by atoms with Crippen molar-refractivity contribution in [1.82, 2.24) is 4.98 Å². The molecule has 0 atom stereocenters. The highest BCUT2D eigenvalue weighted by atomic mass is 35.5. The number of hydrogen-bond donors (Lipinski definition) is 2. The second kappa shape index (κ2) is 6.62. The molecule has 0 saturated heterocycles. The third-order valence-corrected chi connectivity index (χ3v) is 4.66. The van der Waals surface area contributed by atoms with Crippen molar-refractivity contribution < 1.29 is 9.53 Å². The van der Waals surface area contributed by atoms with Gasteiger partial charge in [0.15, 0.2) is 0 Å². The number of anilines is 1.